The second kappa shape index (κ2) is 16.9. The number of fused-ring (bicyclic) bond motifs is 1. The third-order valence-corrected chi connectivity index (χ3v) is 6.13. The van der Waals surface area contributed by atoms with Crippen LogP contribution in [0.5, 0.6) is 0 Å². The smallest absolute Gasteiger partial charge is 0.207 e. The zero-order valence-corrected chi connectivity index (χ0v) is 22.3. The fourth-order valence-corrected chi connectivity index (χ4v) is 4.16. The summed E-state index contributed by atoms with van der Waals surface area (Å²) in [6.07, 6.45) is 14.8. The van der Waals surface area contributed by atoms with Crippen LogP contribution in [0.25, 0.3) is 5.52 Å². The molecule has 1 aliphatic carbocycles. The van der Waals surface area contributed by atoms with E-state index in [-0.39, 0.29) is 0 Å². The third kappa shape index (κ3) is 11.1. The van der Waals surface area contributed by atoms with Crippen molar-refractivity contribution in [2.24, 2.45) is 16.7 Å². The van der Waals surface area contributed by atoms with E-state index in [0.717, 1.165) is 42.1 Å². The molecule has 1 saturated heterocycles. The van der Waals surface area contributed by atoms with Gasteiger partial charge in [-0.05, 0) is 74.6 Å². The Kier molecular flexibility index (Phi) is 13.6. The van der Waals surface area contributed by atoms with Gasteiger partial charge in [0.25, 0.3) is 0 Å². The first-order chi connectivity index (χ1) is 18.3. The van der Waals surface area contributed by atoms with Gasteiger partial charge in [0, 0.05) is 38.1 Å². The van der Waals surface area contributed by atoms with E-state index in [1.165, 1.54) is 74.8 Å². The number of nitrogens with one attached hydrogen (secondary N) is 1. The number of carbonyl (C=O) groups excluding carboxylic acids is 1. The summed E-state index contributed by atoms with van der Waals surface area (Å²) in [6.45, 7) is 4.50. The van der Waals surface area contributed by atoms with E-state index in [1.807, 2.05) is 10.7 Å². The number of amides is 1. The molecule has 2 aliphatic rings. The number of rotatable bonds is 4. The highest BCUT2D eigenvalue weighted by Crippen LogP contribution is 2.22. The van der Waals surface area contributed by atoms with Crippen LogP contribution in [0.15, 0.2) is 53.9 Å². The van der Waals surface area contributed by atoms with Crippen molar-refractivity contribution in [3.8, 4) is 0 Å². The van der Waals surface area contributed by atoms with Gasteiger partial charge in [-0.1, -0.05) is 19.3 Å². The van der Waals surface area contributed by atoms with Crippen LogP contribution >= 0.6 is 0 Å². The van der Waals surface area contributed by atoms with Gasteiger partial charge in [0.1, 0.15) is 18.0 Å². The molecule has 2 aromatic heterocycles. The van der Waals surface area contributed by atoms with Crippen molar-refractivity contribution in [3.05, 3.63) is 66.0 Å². The minimum Gasteiger partial charge on any atom is -0.388 e. The summed E-state index contributed by atoms with van der Waals surface area (Å²) in [5.41, 5.74) is 8.62. The van der Waals surface area contributed by atoms with E-state index in [9.17, 15) is 13.6 Å². The molecule has 5 rings (SSSR count). The van der Waals surface area contributed by atoms with Gasteiger partial charge in [0.05, 0.1) is 11.7 Å². The Hall–Kier alpha value is -3.73. The predicted octanol–water partition coefficient (Wildman–Crippen LogP) is 3.97. The van der Waals surface area contributed by atoms with Crippen LogP contribution < -0.4 is 21.8 Å². The number of halogens is 2. The lowest BCUT2D eigenvalue weighted by molar-refractivity contribution is -0.110. The minimum absolute atomic E-state index is 0.411. The van der Waals surface area contributed by atoms with Gasteiger partial charge in [-0.3, -0.25) is 4.79 Å². The highest BCUT2D eigenvalue weighted by atomic mass is 19.1. The number of pyridine rings is 1. The van der Waals surface area contributed by atoms with Gasteiger partial charge in [-0.15, -0.1) is 0 Å². The number of hydrazine groups is 1. The number of hydrogen-bond acceptors (Lipinski definition) is 6. The topological polar surface area (TPSA) is 117 Å². The molecule has 38 heavy (non-hydrogen) atoms. The first kappa shape index (κ1) is 30.5. The fraction of sp³-hybridized carbons (Fsp3) is 0.444. The van der Waals surface area contributed by atoms with Crippen molar-refractivity contribution in [1.82, 2.24) is 20.0 Å². The number of hydrazone groups is 1. The molecule has 0 atom stereocenters. The maximum atomic E-state index is 11.9. The molecule has 2 fully saturated rings. The van der Waals surface area contributed by atoms with E-state index < -0.39 is 11.6 Å². The SMILES string of the molecule is CN(N)/N=C\N.Cc1cnn2ccc(N3CCCC3)cc12.Fc1ccc(F)cc1.O=CNC1CCCCC1. The number of nitrogens with two attached hydrogens (primary N) is 2. The van der Waals surface area contributed by atoms with Crippen LogP contribution in [-0.2, 0) is 4.79 Å². The maximum Gasteiger partial charge on any atom is 0.207 e. The molecule has 11 heteroatoms. The van der Waals surface area contributed by atoms with Crippen LogP contribution in [0.2, 0.25) is 0 Å². The van der Waals surface area contributed by atoms with E-state index in [2.05, 4.69) is 45.7 Å². The van der Waals surface area contributed by atoms with Gasteiger partial charge in [0.2, 0.25) is 6.41 Å². The molecule has 1 saturated carbocycles. The summed E-state index contributed by atoms with van der Waals surface area (Å²) in [5.74, 6) is 4.14. The Bertz CT molecular complexity index is 1070. The van der Waals surface area contributed by atoms with Gasteiger partial charge in [-0.2, -0.15) is 10.2 Å². The molecule has 208 valence electrons. The first-order valence-corrected chi connectivity index (χ1v) is 12.9. The average molecular weight is 531 g/mol. The van der Waals surface area contributed by atoms with E-state index in [4.69, 9.17) is 11.6 Å². The van der Waals surface area contributed by atoms with Crippen molar-refractivity contribution in [2.45, 2.75) is 57.9 Å². The largest absolute Gasteiger partial charge is 0.388 e. The zero-order valence-electron chi connectivity index (χ0n) is 22.3. The summed E-state index contributed by atoms with van der Waals surface area (Å²) < 4.78 is 25.8. The van der Waals surface area contributed by atoms with Crippen LogP contribution in [0.1, 0.15) is 50.5 Å². The summed E-state index contributed by atoms with van der Waals surface area (Å²) in [5, 5.41) is 11.6. The highest BCUT2D eigenvalue weighted by Gasteiger charge is 2.13. The van der Waals surface area contributed by atoms with E-state index >= 15 is 0 Å². The maximum absolute atomic E-state index is 11.9. The summed E-state index contributed by atoms with van der Waals surface area (Å²) in [6, 6.07) is 9.20. The number of anilines is 1. The summed E-state index contributed by atoms with van der Waals surface area (Å²) >= 11 is 0. The average Bonchev–Trinajstić information content (AvgIpc) is 3.58. The lowest BCUT2D eigenvalue weighted by Crippen LogP contribution is -2.29. The molecule has 3 aromatic rings. The number of aromatic nitrogens is 2. The molecular formula is C27H40F2N8O. The highest BCUT2D eigenvalue weighted by molar-refractivity contribution is 5.63. The van der Waals surface area contributed by atoms with Gasteiger partial charge >= 0.3 is 0 Å². The molecule has 0 bridgehead atoms. The Morgan fingerprint density at radius 2 is 1.66 bits per heavy atom. The molecule has 3 heterocycles. The Labute approximate surface area is 223 Å². The lowest BCUT2D eigenvalue weighted by Gasteiger charge is -2.19. The standard InChI is InChI=1S/C12H15N3.C7H13NO.C6H4F2.C2H8N4/c1-10-9-13-15-7-4-11(8-12(10)15)14-5-2-3-6-14;9-6-8-7-4-2-1-3-5-7;7-5-1-2-6(8)4-3-5;1-6(4)5-2-3/h4,7-9H,2-3,5-6H2,1H3;6-7H,1-5H2,(H,8,9);1-4H;2H,4H2,1H3,(H2,3,5). The third-order valence-electron chi connectivity index (χ3n) is 6.13. The normalized spacial score (nSPS) is 15.0. The van der Waals surface area contributed by atoms with Crippen LogP contribution in [-0.4, -0.2) is 53.7 Å². The lowest BCUT2D eigenvalue weighted by atomic mass is 9.96. The van der Waals surface area contributed by atoms with Crippen molar-refractivity contribution in [3.63, 3.8) is 0 Å². The molecule has 0 unspecified atom stereocenters. The number of nitrogens with zero attached hydrogens (tertiary/aromatic N) is 5. The van der Waals surface area contributed by atoms with Crippen LogP contribution in [0, 0.1) is 18.6 Å². The van der Waals surface area contributed by atoms with Crippen molar-refractivity contribution in [2.75, 3.05) is 25.0 Å². The number of hydrogen-bond donors (Lipinski definition) is 3. The molecule has 9 nitrogen and oxygen atoms in total. The van der Waals surface area contributed by atoms with Crippen molar-refractivity contribution < 1.29 is 13.6 Å². The number of aryl methyl sites for hydroxylation is 1. The van der Waals surface area contributed by atoms with Gasteiger partial charge in [-0.25, -0.2) is 24.3 Å². The molecule has 5 N–H and O–H groups in total. The van der Waals surface area contributed by atoms with E-state index in [1.54, 1.807) is 7.05 Å². The number of benzene rings is 1. The quantitative estimate of drug-likeness (QED) is 0.155. The first-order valence-electron chi connectivity index (χ1n) is 12.9. The monoisotopic (exact) mass is 530 g/mol. The van der Waals surface area contributed by atoms with Crippen LogP contribution in [0.4, 0.5) is 14.5 Å². The zero-order chi connectivity index (χ0) is 27.8. The summed E-state index contributed by atoms with van der Waals surface area (Å²) in [4.78, 5) is 12.4. The minimum atomic E-state index is -0.411. The second-order valence-electron chi connectivity index (χ2n) is 9.13. The molecule has 1 amide bonds. The molecule has 1 aliphatic heterocycles. The van der Waals surface area contributed by atoms with Gasteiger partial charge < -0.3 is 16.0 Å². The number of carbonyl (C=O) groups is 1. The fourth-order valence-electron chi connectivity index (χ4n) is 4.16. The Morgan fingerprint density at radius 1 is 1.05 bits per heavy atom. The predicted molar refractivity (Wildman–Crippen MR) is 148 cm³/mol. The molecule has 0 spiro atoms. The van der Waals surface area contributed by atoms with Gasteiger partial charge in [0.15, 0.2) is 0 Å². The summed E-state index contributed by atoms with van der Waals surface area (Å²) in [7, 11) is 1.59. The molecule has 1 aromatic carbocycles. The van der Waals surface area contributed by atoms with Crippen LogP contribution in [0.3, 0.4) is 0 Å². The van der Waals surface area contributed by atoms with Crippen molar-refractivity contribution in [1.29, 1.82) is 0 Å². The molecular weight excluding hydrogens is 490 g/mol. The van der Waals surface area contributed by atoms with Crippen molar-refractivity contribution >= 4 is 24.0 Å². The second-order valence-corrected chi connectivity index (χ2v) is 9.13. The Morgan fingerprint density at radius 3 is 2.16 bits per heavy atom. The Balaban J connectivity index is 0.000000191. The van der Waals surface area contributed by atoms with E-state index in [0.29, 0.717) is 6.04 Å². The molecule has 0 radical (unpaired) electrons.